The number of hydrogen-bond donors (Lipinski definition) is 3. The van der Waals surface area contributed by atoms with Gasteiger partial charge in [0.1, 0.15) is 0 Å². The van der Waals surface area contributed by atoms with Crippen LogP contribution in [0.2, 0.25) is 0 Å². The van der Waals surface area contributed by atoms with E-state index in [0.29, 0.717) is 5.96 Å². The monoisotopic (exact) mass is 289 g/mol. The first-order chi connectivity index (χ1) is 10.3. The van der Waals surface area contributed by atoms with Gasteiger partial charge in [0.15, 0.2) is 0 Å². The number of hydrazine groups is 1. The summed E-state index contributed by atoms with van der Waals surface area (Å²) >= 11 is 0. The fraction of sp³-hybridized carbons (Fsp3) is 0.562. The molecule has 0 bridgehead atoms. The highest BCUT2D eigenvalue weighted by Crippen LogP contribution is 2.16. The molecule has 0 spiro atoms. The fourth-order valence-corrected chi connectivity index (χ4v) is 2.73. The molecule has 0 saturated carbocycles. The van der Waals surface area contributed by atoms with Crippen LogP contribution in [-0.2, 0) is 0 Å². The van der Waals surface area contributed by atoms with Gasteiger partial charge < -0.3 is 10.2 Å². The normalized spacial score (nSPS) is 20.3. The largest absolute Gasteiger partial charge is 0.325 e. The van der Waals surface area contributed by atoms with Crippen molar-refractivity contribution in [3.63, 3.8) is 0 Å². The second kappa shape index (κ2) is 8.64. The predicted molar refractivity (Wildman–Crippen MR) is 89.2 cm³/mol. The summed E-state index contributed by atoms with van der Waals surface area (Å²) in [5.74, 6) is 6.13. The number of piperidine rings is 1. The third-order valence-corrected chi connectivity index (χ3v) is 3.99. The van der Waals surface area contributed by atoms with Gasteiger partial charge in [-0.1, -0.05) is 24.6 Å². The first-order valence-corrected chi connectivity index (χ1v) is 7.87. The van der Waals surface area contributed by atoms with E-state index >= 15 is 0 Å². The van der Waals surface area contributed by atoms with E-state index in [1.165, 1.54) is 25.8 Å². The van der Waals surface area contributed by atoms with Crippen molar-refractivity contribution in [3.05, 3.63) is 30.3 Å². The van der Waals surface area contributed by atoms with Crippen molar-refractivity contribution in [2.75, 3.05) is 25.0 Å². The zero-order valence-electron chi connectivity index (χ0n) is 12.9. The Kier molecular flexibility index (Phi) is 6.50. The van der Waals surface area contributed by atoms with Crippen LogP contribution in [0.5, 0.6) is 0 Å². The molecule has 1 atom stereocenters. The lowest BCUT2D eigenvalue weighted by molar-refractivity contribution is 0.160. The lowest BCUT2D eigenvalue weighted by atomic mass is 10.0. The molecule has 1 aliphatic rings. The number of guanidine groups is 1. The molecule has 1 heterocycles. The molecule has 0 aromatic heterocycles. The van der Waals surface area contributed by atoms with Gasteiger partial charge in [0.2, 0.25) is 5.96 Å². The second-order valence-electron chi connectivity index (χ2n) is 5.60. The molecular formula is C16H27N5. The molecule has 1 unspecified atom stereocenters. The molecule has 0 radical (unpaired) electrons. The molecule has 1 aromatic carbocycles. The lowest BCUT2D eigenvalue weighted by Crippen LogP contribution is -2.38. The Bertz CT molecular complexity index is 432. The highest BCUT2D eigenvalue weighted by molar-refractivity contribution is 5.93. The molecule has 2 rings (SSSR count). The third-order valence-electron chi connectivity index (χ3n) is 3.99. The minimum absolute atomic E-state index is 0.618. The fourth-order valence-electron chi connectivity index (χ4n) is 2.73. The van der Waals surface area contributed by atoms with Crippen molar-refractivity contribution < 1.29 is 0 Å². The van der Waals surface area contributed by atoms with Crippen molar-refractivity contribution in [2.24, 2.45) is 10.8 Å². The maximum Gasteiger partial charge on any atom is 0.210 e. The topological polar surface area (TPSA) is 65.7 Å². The van der Waals surface area contributed by atoms with E-state index < -0.39 is 0 Å². The van der Waals surface area contributed by atoms with Crippen molar-refractivity contribution in [3.8, 4) is 0 Å². The van der Waals surface area contributed by atoms with Gasteiger partial charge in [0.05, 0.1) is 0 Å². The summed E-state index contributed by atoms with van der Waals surface area (Å²) in [5, 5.41) is 3.18. The molecule has 5 heteroatoms. The maximum atomic E-state index is 5.51. The van der Waals surface area contributed by atoms with Crippen LogP contribution < -0.4 is 16.6 Å². The van der Waals surface area contributed by atoms with E-state index in [1.807, 2.05) is 30.3 Å². The van der Waals surface area contributed by atoms with Gasteiger partial charge >= 0.3 is 0 Å². The van der Waals surface area contributed by atoms with Crippen molar-refractivity contribution >= 4 is 11.6 Å². The Labute approximate surface area is 127 Å². The number of para-hydroxylation sites is 1. The van der Waals surface area contributed by atoms with Crippen molar-refractivity contribution in [2.45, 2.75) is 38.6 Å². The molecule has 1 saturated heterocycles. The molecule has 0 aliphatic carbocycles. The van der Waals surface area contributed by atoms with E-state index in [2.05, 4.69) is 27.6 Å². The number of benzene rings is 1. The van der Waals surface area contributed by atoms with Crippen LogP contribution in [0.4, 0.5) is 5.69 Å². The number of anilines is 1. The molecule has 1 fully saturated rings. The van der Waals surface area contributed by atoms with Crippen LogP contribution in [-0.4, -0.2) is 36.5 Å². The molecular weight excluding hydrogens is 262 g/mol. The smallest absolute Gasteiger partial charge is 0.210 e. The first-order valence-electron chi connectivity index (χ1n) is 7.87. The molecule has 1 aromatic rings. The minimum atomic E-state index is 0.618. The Hall–Kier alpha value is -1.59. The summed E-state index contributed by atoms with van der Waals surface area (Å²) < 4.78 is 0. The molecule has 5 nitrogen and oxygen atoms in total. The van der Waals surface area contributed by atoms with Crippen LogP contribution in [0.25, 0.3) is 0 Å². The Morgan fingerprint density at radius 3 is 2.86 bits per heavy atom. The van der Waals surface area contributed by atoms with Crippen molar-refractivity contribution in [1.29, 1.82) is 0 Å². The average molecular weight is 289 g/mol. The van der Waals surface area contributed by atoms with E-state index in [9.17, 15) is 0 Å². The van der Waals surface area contributed by atoms with Gasteiger partial charge in [-0.3, -0.25) is 10.4 Å². The summed E-state index contributed by atoms with van der Waals surface area (Å²) in [4.78, 5) is 7.06. The second-order valence-corrected chi connectivity index (χ2v) is 5.60. The van der Waals surface area contributed by atoms with Gasteiger partial charge in [0, 0.05) is 24.8 Å². The predicted octanol–water partition coefficient (Wildman–Crippen LogP) is 2.18. The summed E-state index contributed by atoms with van der Waals surface area (Å²) in [6.07, 6.45) is 5.09. The average Bonchev–Trinajstić information content (AvgIpc) is 2.53. The van der Waals surface area contributed by atoms with Gasteiger partial charge in [-0.05, 0) is 44.9 Å². The molecule has 4 N–H and O–H groups in total. The number of hydrogen-bond acceptors (Lipinski definition) is 3. The van der Waals surface area contributed by atoms with Gasteiger partial charge in [-0.25, -0.2) is 5.84 Å². The number of aliphatic imine (C=N–C) groups is 1. The Morgan fingerprint density at radius 2 is 2.14 bits per heavy atom. The van der Waals surface area contributed by atoms with Crippen LogP contribution in [0.1, 0.15) is 32.6 Å². The maximum absolute atomic E-state index is 5.51. The third kappa shape index (κ3) is 5.36. The summed E-state index contributed by atoms with van der Waals surface area (Å²) in [6.45, 7) is 5.46. The van der Waals surface area contributed by atoms with Gasteiger partial charge in [-0.2, -0.15) is 0 Å². The van der Waals surface area contributed by atoms with Crippen molar-refractivity contribution in [1.82, 2.24) is 10.3 Å². The van der Waals surface area contributed by atoms with Gasteiger partial charge in [-0.15, -0.1) is 0 Å². The molecule has 1 aliphatic heterocycles. The Morgan fingerprint density at radius 1 is 1.33 bits per heavy atom. The van der Waals surface area contributed by atoms with E-state index in [0.717, 1.165) is 31.2 Å². The quantitative estimate of drug-likeness (QED) is 0.256. The zero-order valence-corrected chi connectivity index (χ0v) is 12.9. The van der Waals surface area contributed by atoms with Crippen LogP contribution >= 0.6 is 0 Å². The number of rotatable bonds is 5. The highest BCUT2D eigenvalue weighted by atomic mass is 15.3. The minimum Gasteiger partial charge on any atom is -0.325 e. The molecule has 21 heavy (non-hydrogen) atoms. The number of likely N-dealkylation sites (tertiary alicyclic amines) is 1. The van der Waals surface area contributed by atoms with Crippen LogP contribution in [0.15, 0.2) is 35.3 Å². The van der Waals surface area contributed by atoms with E-state index in [4.69, 9.17) is 5.84 Å². The standard InChI is InChI=1S/C16H27N5/c1-14-8-5-6-12-21(14)13-7-11-18-16(20-17)19-15-9-3-2-4-10-15/h2-4,9-10,14H,5-8,11-13,17H2,1H3,(H2,18,19,20). The van der Waals surface area contributed by atoms with E-state index in [-0.39, 0.29) is 0 Å². The number of nitrogens with one attached hydrogen (secondary N) is 2. The summed E-state index contributed by atoms with van der Waals surface area (Å²) in [6, 6.07) is 10.6. The highest BCUT2D eigenvalue weighted by Gasteiger charge is 2.16. The first kappa shape index (κ1) is 15.8. The zero-order chi connectivity index (χ0) is 14.9. The number of nitrogens with zero attached hydrogens (tertiary/aromatic N) is 2. The number of nitrogens with two attached hydrogens (primary N) is 1. The molecule has 116 valence electrons. The van der Waals surface area contributed by atoms with E-state index in [1.54, 1.807) is 0 Å². The Balaban J connectivity index is 1.73. The summed E-state index contributed by atoms with van der Waals surface area (Å²) in [7, 11) is 0. The molecule has 0 amide bonds. The lowest BCUT2D eigenvalue weighted by Gasteiger charge is -2.33. The SMILES string of the molecule is CC1CCCCN1CCCN=C(NN)Nc1ccccc1. The summed E-state index contributed by atoms with van der Waals surface area (Å²) in [5.41, 5.74) is 3.61. The van der Waals surface area contributed by atoms with Crippen LogP contribution in [0, 0.1) is 0 Å². The van der Waals surface area contributed by atoms with Gasteiger partial charge in [0.25, 0.3) is 0 Å². The van der Waals surface area contributed by atoms with Crippen LogP contribution in [0.3, 0.4) is 0 Å².